The summed E-state index contributed by atoms with van der Waals surface area (Å²) in [6.45, 7) is 6.34. The molecule has 2 unspecified atom stereocenters. The van der Waals surface area contributed by atoms with Gasteiger partial charge in [-0.1, -0.05) is 13.8 Å². The van der Waals surface area contributed by atoms with E-state index >= 15 is 0 Å². The van der Waals surface area contributed by atoms with E-state index in [9.17, 15) is 14.7 Å². The summed E-state index contributed by atoms with van der Waals surface area (Å²) in [6, 6.07) is 0.121. The number of rotatable bonds is 5. The first-order chi connectivity index (χ1) is 7.96. The quantitative estimate of drug-likeness (QED) is 0.664. The third kappa shape index (κ3) is 2.77. The minimum atomic E-state index is -1.11. The number of carboxylic acid groups (broad SMARTS) is 1. The maximum absolute atomic E-state index is 12.1. The van der Waals surface area contributed by atoms with Gasteiger partial charge in [-0.25, -0.2) is 4.79 Å². The van der Waals surface area contributed by atoms with Gasteiger partial charge in [-0.15, -0.1) is 0 Å². The molecule has 0 aliphatic carbocycles. The van der Waals surface area contributed by atoms with Crippen molar-refractivity contribution in [2.75, 3.05) is 6.54 Å². The van der Waals surface area contributed by atoms with Gasteiger partial charge in [-0.05, 0) is 32.7 Å². The van der Waals surface area contributed by atoms with Crippen LogP contribution in [-0.2, 0) is 9.59 Å². The molecule has 1 fully saturated rings. The highest BCUT2D eigenvalue weighted by molar-refractivity contribution is 5.88. The van der Waals surface area contributed by atoms with Gasteiger partial charge >= 0.3 is 5.97 Å². The molecule has 3 N–H and O–H groups in total. The van der Waals surface area contributed by atoms with Crippen LogP contribution in [0.15, 0.2) is 0 Å². The zero-order valence-electron chi connectivity index (χ0n) is 10.7. The van der Waals surface area contributed by atoms with Crippen LogP contribution in [0.1, 0.15) is 40.0 Å². The Kier molecular flexibility index (Phi) is 4.51. The first-order valence-corrected chi connectivity index (χ1v) is 6.25. The normalized spacial score (nSPS) is 24.6. The highest BCUT2D eigenvalue weighted by atomic mass is 16.4. The van der Waals surface area contributed by atoms with E-state index < -0.39 is 11.5 Å². The van der Waals surface area contributed by atoms with E-state index in [2.05, 4.69) is 10.6 Å². The zero-order chi connectivity index (χ0) is 13.1. The molecule has 17 heavy (non-hydrogen) atoms. The molecule has 1 rings (SSSR count). The fourth-order valence-corrected chi connectivity index (χ4v) is 2.33. The molecule has 98 valence electrons. The molecule has 1 aliphatic heterocycles. The van der Waals surface area contributed by atoms with Crippen LogP contribution in [-0.4, -0.2) is 35.1 Å². The van der Waals surface area contributed by atoms with E-state index in [1.165, 1.54) is 0 Å². The predicted octanol–water partition coefficient (Wildman–Crippen LogP) is 0.744. The van der Waals surface area contributed by atoms with Gasteiger partial charge < -0.3 is 15.7 Å². The number of carboxylic acids is 1. The fraction of sp³-hybridized carbons (Fsp3) is 0.833. The summed E-state index contributed by atoms with van der Waals surface area (Å²) in [7, 11) is 0. The number of nitrogens with one attached hydrogen (secondary N) is 2. The lowest BCUT2D eigenvalue weighted by Gasteiger charge is -2.30. The van der Waals surface area contributed by atoms with Gasteiger partial charge in [0.15, 0.2) is 0 Å². The number of amides is 1. The molecule has 0 aromatic carbocycles. The van der Waals surface area contributed by atoms with Crippen molar-refractivity contribution in [2.24, 2.45) is 5.92 Å². The third-order valence-electron chi connectivity index (χ3n) is 3.84. The largest absolute Gasteiger partial charge is 0.480 e. The number of carbonyl (C=O) groups excluding carboxylic acids is 1. The highest BCUT2D eigenvalue weighted by Gasteiger charge is 2.39. The van der Waals surface area contributed by atoms with Crippen LogP contribution in [0, 0.1) is 5.92 Å². The van der Waals surface area contributed by atoms with Crippen LogP contribution in [0.2, 0.25) is 0 Å². The lowest BCUT2D eigenvalue weighted by Crippen LogP contribution is -2.56. The van der Waals surface area contributed by atoms with Gasteiger partial charge in [0.05, 0.1) is 5.92 Å². The van der Waals surface area contributed by atoms with Crippen LogP contribution in [0.25, 0.3) is 0 Å². The molecule has 5 nitrogen and oxygen atoms in total. The van der Waals surface area contributed by atoms with Gasteiger partial charge in [0.2, 0.25) is 5.91 Å². The van der Waals surface area contributed by atoms with Crippen molar-refractivity contribution in [2.45, 2.75) is 51.6 Å². The monoisotopic (exact) mass is 242 g/mol. The van der Waals surface area contributed by atoms with E-state index in [4.69, 9.17) is 0 Å². The summed E-state index contributed by atoms with van der Waals surface area (Å²) in [5.74, 6) is -1.21. The Morgan fingerprint density at radius 2 is 2.00 bits per heavy atom. The SMILES string of the molecule is CCC(CC)(NC(=O)C1CCNC1C)C(=O)O. The lowest BCUT2D eigenvalue weighted by atomic mass is 9.91. The predicted molar refractivity (Wildman–Crippen MR) is 64.7 cm³/mol. The molecular weight excluding hydrogens is 220 g/mol. The molecule has 0 spiro atoms. The van der Waals surface area contributed by atoms with Gasteiger partial charge in [0.1, 0.15) is 5.54 Å². The zero-order valence-corrected chi connectivity index (χ0v) is 10.7. The molecule has 0 aromatic heterocycles. The molecule has 1 amide bonds. The Bertz CT molecular complexity index is 300. The van der Waals surface area contributed by atoms with E-state index in [1.54, 1.807) is 13.8 Å². The molecule has 0 radical (unpaired) electrons. The maximum Gasteiger partial charge on any atom is 0.329 e. The molecule has 5 heteroatoms. The Morgan fingerprint density at radius 3 is 2.35 bits per heavy atom. The summed E-state index contributed by atoms with van der Waals surface area (Å²) in [6.07, 6.45) is 1.58. The summed E-state index contributed by atoms with van der Waals surface area (Å²) in [5.41, 5.74) is -1.11. The molecule has 0 saturated carbocycles. The molecule has 1 saturated heterocycles. The summed E-state index contributed by atoms with van der Waals surface area (Å²) < 4.78 is 0. The van der Waals surface area contributed by atoms with E-state index in [0.717, 1.165) is 13.0 Å². The number of hydrogen-bond acceptors (Lipinski definition) is 3. The van der Waals surface area contributed by atoms with Gasteiger partial charge in [-0.3, -0.25) is 4.79 Å². The fourth-order valence-electron chi connectivity index (χ4n) is 2.33. The van der Waals surface area contributed by atoms with Crippen molar-refractivity contribution in [1.29, 1.82) is 0 Å². The topological polar surface area (TPSA) is 78.4 Å². The summed E-state index contributed by atoms with van der Waals surface area (Å²) in [4.78, 5) is 23.4. The average Bonchev–Trinajstić information content (AvgIpc) is 2.72. The van der Waals surface area contributed by atoms with Crippen LogP contribution >= 0.6 is 0 Å². The molecule has 0 aromatic rings. The smallest absolute Gasteiger partial charge is 0.329 e. The lowest BCUT2D eigenvalue weighted by molar-refractivity contribution is -0.148. The van der Waals surface area contributed by atoms with E-state index in [0.29, 0.717) is 12.8 Å². The van der Waals surface area contributed by atoms with Crippen molar-refractivity contribution < 1.29 is 14.7 Å². The average molecular weight is 242 g/mol. The number of hydrogen-bond donors (Lipinski definition) is 3. The summed E-state index contributed by atoms with van der Waals surface area (Å²) in [5, 5.41) is 15.2. The van der Waals surface area contributed by atoms with Crippen LogP contribution in [0.3, 0.4) is 0 Å². The second kappa shape index (κ2) is 5.49. The highest BCUT2D eigenvalue weighted by Crippen LogP contribution is 2.20. The van der Waals surface area contributed by atoms with Crippen molar-refractivity contribution in [3.63, 3.8) is 0 Å². The van der Waals surface area contributed by atoms with E-state index in [-0.39, 0.29) is 17.9 Å². The van der Waals surface area contributed by atoms with Crippen LogP contribution < -0.4 is 10.6 Å². The van der Waals surface area contributed by atoms with Crippen molar-refractivity contribution in [1.82, 2.24) is 10.6 Å². The van der Waals surface area contributed by atoms with Crippen molar-refractivity contribution in [3.05, 3.63) is 0 Å². The van der Waals surface area contributed by atoms with Crippen molar-refractivity contribution >= 4 is 11.9 Å². The minimum absolute atomic E-state index is 0.119. The first kappa shape index (κ1) is 14.0. The van der Waals surface area contributed by atoms with Crippen LogP contribution in [0.4, 0.5) is 0 Å². The molecule has 2 atom stereocenters. The molecular formula is C12H22N2O3. The molecule has 1 heterocycles. The van der Waals surface area contributed by atoms with Gasteiger partial charge in [0.25, 0.3) is 0 Å². The first-order valence-electron chi connectivity index (χ1n) is 6.25. The van der Waals surface area contributed by atoms with Gasteiger partial charge in [0, 0.05) is 6.04 Å². The Labute approximate surface area is 102 Å². The number of aliphatic carboxylic acids is 1. The van der Waals surface area contributed by atoms with Crippen molar-refractivity contribution in [3.8, 4) is 0 Å². The Balaban J connectivity index is 2.74. The number of carbonyl (C=O) groups is 2. The minimum Gasteiger partial charge on any atom is -0.480 e. The second-order valence-electron chi connectivity index (χ2n) is 4.72. The molecule has 1 aliphatic rings. The Morgan fingerprint density at radius 1 is 1.41 bits per heavy atom. The van der Waals surface area contributed by atoms with E-state index in [1.807, 2.05) is 6.92 Å². The second-order valence-corrected chi connectivity index (χ2v) is 4.72. The summed E-state index contributed by atoms with van der Waals surface area (Å²) >= 11 is 0. The Hall–Kier alpha value is -1.10. The third-order valence-corrected chi connectivity index (χ3v) is 3.84. The van der Waals surface area contributed by atoms with Crippen LogP contribution in [0.5, 0.6) is 0 Å². The molecule has 0 bridgehead atoms. The van der Waals surface area contributed by atoms with Gasteiger partial charge in [-0.2, -0.15) is 0 Å². The maximum atomic E-state index is 12.1. The standard InChI is InChI=1S/C12H22N2O3/c1-4-12(5-2,11(16)17)14-10(15)9-6-7-13-8(9)3/h8-9,13H,4-7H2,1-3H3,(H,14,15)(H,16,17).